The zero-order chi connectivity index (χ0) is 14.0. The van der Waals surface area contributed by atoms with E-state index in [1.165, 1.54) is 0 Å². The average molecular weight is 294 g/mol. The summed E-state index contributed by atoms with van der Waals surface area (Å²) < 4.78 is 43.2. The van der Waals surface area contributed by atoms with Crippen LogP contribution in [0.15, 0.2) is 28.8 Å². The van der Waals surface area contributed by atoms with Gasteiger partial charge in [0.1, 0.15) is 0 Å². The van der Waals surface area contributed by atoms with Gasteiger partial charge in [0, 0.05) is 6.21 Å². The van der Waals surface area contributed by atoms with E-state index in [1.807, 2.05) is 25.2 Å². The molecule has 0 radical (unpaired) electrons. The number of nitrogens with zero attached hydrogens (tertiary/aromatic N) is 1. The fourth-order valence-electron chi connectivity index (χ4n) is 2.03. The zero-order valence-electron chi connectivity index (χ0n) is 10.4. The van der Waals surface area contributed by atoms with Crippen LogP contribution in [0.5, 0.6) is 0 Å². The van der Waals surface area contributed by atoms with Crippen LogP contribution in [0.25, 0.3) is 0 Å². The standard InChI is InChI=1S/C13H15ClF3NO/c1-8-2-4-10(5-3-8)19-12-11(14)6-9(7-18-12)13(15,16)17/h2-4,7,9-12H,5-6H2,1H3. The van der Waals surface area contributed by atoms with Crippen LogP contribution in [-0.4, -0.2) is 30.1 Å². The van der Waals surface area contributed by atoms with Crippen molar-refractivity contribution >= 4 is 17.8 Å². The van der Waals surface area contributed by atoms with Gasteiger partial charge in [-0.05, 0) is 19.8 Å². The summed E-state index contributed by atoms with van der Waals surface area (Å²) in [6.07, 6.45) is 2.07. The van der Waals surface area contributed by atoms with E-state index in [0.717, 1.165) is 11.8 Å². The fourth-order valence-corrected chi connectivity index (χ4v) is 2.34. The molecule has 1 aliphatic heterocycles. The number of halogens is 4. The Kier molecular flexibility index (Phi) is 4.36. The molecule has 106 valence electrons. The van der Waals surface area contributed by atoms with Crippen LogP contribution in [0, 0.1) is 5.92 Å². The molecule has 0 spiro atoms. The van der Waals surface area contributed by atoms with E-state index >= 15 is 0 Å². The van der Waals surface area contributed by atoms with Gasteiger partial charge in [-0.1, -0.05) is 23.8 Å². The van der Waals surface area contributed by atoms with Crippen molar-refractivity contribution in [3.8, 4) is 0 Å². The minimum Gasteiger partial charge on any atom is -0.347 e. The zero-order valence-corrected chi connectivity index (χ0v) is 11.2. The number of hydrogen-bond donors (Lipinski definition) is 0. The van der Waals surface area contributed by atoms with Crippen LogP contribution >= 0.6 is 11.6 Å². The maximum atomic E-state index is 12.5. The molecule has 0 aromatic carbocycles. The van der Waals surface area contributed by atoms with Crippen LogP contribution in [0.4, 0.5) is 13.2 Å². The molecule has 2 nitrogen and oxygen atoms in total. The molecule has 0 bridgehead atoms. The predicted molar refractivity (Wildman–Crippen MR) is 68.5 cm³/mol. The lowest BCUT2D eigenvalue weighted by Gasteiger charge is -2.30. The molecule has 4 unspecified atom stereocenters. The van der Waals surface area contributed by atoms with Gasteiger partial charge in [0.15, 0.2) is 6.23 Å². The van der Waals surface area contributed by atoms with Gasteiger partial charge in [-0.15, -0.1) is 11.6 Å². The Morgan fingerprint density at radius 3 is 2.68 bits per heavy atom. The number of alkyl halides is 4. The summed E-state index contributed by atoms with van der Waals surface area (Å²) in [6, 6.07) is 0. The van der Waals surface area contributed by atoms with E-state index in [1.54, 1.807) is 0 Å². The molecule has 2 rings (SSSR count). The smallest absolute Gasteiger partial charge is 0.347 e. The highest BCUT2D eigenvalue weighted by Gasteiger charge is 2.43. The van der Waals surface area contributed by atoms with Crippen molar-refractivity contribution in [2.24, 2.45) is 10.9 Å². The molecule has 0 saturated heterocycles. The van der Waals surface area contributed by atoms with Gasteiger partial charge in [0.25, 0.3) is 0 Å². The molecule has 6 heteroatoms. The predicted octanol–water partition coefficient (Wildman–Crippen LogP) is 3.86. The summed E-state index contributed by atoms with van der Waals surface area (Å²) in [4.78, 5) is 3.82. The topological polar surface area (TPSA) is 21.6 Å². The minimum absolute atomic E-state index is 0.172. The van der Waals surface area contributed by atoms with Crippen LogP contribution in [0.2, 0.25) is 0 Å². The van der Waals surface area contributed by atoms with Crippen LogP contribution in [0.3, 0.4) is 0 Å². The molecule has 0 aromatic heterocycles. The van der Waals surface area contributed by atoms with Gasteiger partial charge in [-0.25, -0.2) is 0 Å². The van der Waals surface area contributed by atoms with Crippen molar-refractivity contribution in [1.82, 2.24) is 0 Å². The molecule has 0 fully saturated rings. The fraction of sp³-hybridized carbons (Fsp3) is 0.615. The maximum absolute atomic E-state index is 12.5. The lowest BCUT2D eigenvalue weighted by atomic mass is 10.00. The highest BCUT2D eigenvalue weighted by Crippen LogP contribution is 2.34. The average Bonchev–Trinajstić information content (AvgIpc) is 2.33. The van der Waals surface area contributed by atoms with E-state index < -0.39 is 23.7 Å². The Morgan fingerprint density at radius 1 is 1.42 bits per heavy atom. The largest absolute Gasteiger partial charge is 0.396 e. The van der Waals surface area contributed by atoms with Gasteiger partial charge in [0.05, 0.1) is 17.4 Å². The monoisotopic (exact) mass is 293 g/mol. The van der Waals surface area contributed by atoms with Crippen molar-refractivity contribution in [3.63, 3.8) is 0 Å². The Hall–Kier alpha value is -0.810. The third-order valence-electron chi connectivity index (χ3n) is 3.18. The molecule has 1 heterocycles. The summed E-state index contributed by atoms with van der Waals surface area (Å²) in [5.74, 6) is -1.57. The van der Waals surface area contributed by atoms with Crippen molar-refractivity contribution in [2.45, 2.75) is 43.7 Å². The summed E-state index contributed by atoms with van der Waals surface area (Å²) >= 11 is 5.95. The first-order valence-electron chi connectivity index (χ1n) is 6.11. The molecular weight excluding hydrogens is 279 g/mol. The molecule has 0 amide bonds. The second-order valence-corrected chi connectivity index (χ2v) is 5.37. The lowest BCUT2D eigenvalue weighted by molar-refractivity contribution is -0.159. The Labute approximate surface area is 115 Å². The van der Waals surface area contributed by atoms with Crippen LogP contribution in [0.1, 0.15) is 19.8 Å². The summed E-state index contributed by atoms with van der Waals surface area (Å²) in [6.45, 7) is 1.98. The summed E-state index contributed by atoms with van der Waals surface area (Å²) in [5, 5.41) is -0.753. The van der Waals surface area contributed by atoms with Gasteiger partial charge < -0.3 is 4.74 Å². The normalized spacial score (nSPS) is 35.3. The molecule has 1 aliphatic carbocycles. The number of rotatable bonds is 2. The summed E-state index contributed by atoms with van der Waals surface area (Å²) in [5.41, 5.74) is 1.14. The first kappa shape index (κ1) is 14.6. The van der Waals surface area contributed by atoms with Gasteiger partial charge >= 0.3 is 6.18 Å². The Bertz CT molecular complexity index is 417. The van der Waals surface area contributed by atoms with E-state index in [9.17, 15) is 13.2 Å². The van der Waals surface area contributed by atoms with Crippen molar-refractivity contribution in [3.05, 3.63) is 23.8 Å². The van der Waals surface area contributed by atoms with Crippen molar-refractivity contribution in [1.29, 1.82) is 0 Å². The van der Waals surface area contributed by atoms with E-state index in [2.05, 4.69) is 4.99 Å². The number of allylic oxidation sites excluding steroid dienone is 2. The molecule has 4 atom stereocenters. The van der Waals surface area contributed by atoms with Crippen molar-refractivity contribution in [2.75, 3.05) is 0 Å². The van der Waals surface area contributed by atoms with Gasteiger partial charge in [-0.3, -0.25) is 4.99 Å². The quantitative estimate of drug-likeness (QED) is 0.708. The molecule has 19 heavy (non-hydrogen) atoms. The highest BCUT2D eigenvalue weighted by molar-refractivity contribution is 6.21. The Balaban J connectivity index is 1.94. The number of hydrogen-bond acceptors (Lipinski definition) is 2. The van der Waals surface area contributed by atoms with Crippen LogP contribution in [-0.2, 0) is 4.74 Å². The second-order valence-electron chi connectivity index (χ2n) is 4.81. The second kappa shape index (κ2) is 5.67. The molecule has 0 saturated carbocycles. The van der Waals surface area contributed by atoms with Crippen LogP contribution < -0.4 is 0 Å². The van der Waals surface area contributed by atoms with E-state index in [-0.39, 0.29) is 12.5 Å². The lowest BCUT2D eigenvalue weighted by Crippen LogP contribution is -2.38. The molecule has 0 N–H and O–H groups in total. The molecule has 2 aliphatic rings. The number of aliphatic imine (C=N–C) groups is 1. The first-order chi connectivity index (χ1) is 8.86. The third kappa shape index (κ3) is 3.83. The molecular formula is C13H15ClF3NO. The molecule has 0 aromatic rings. The minimum atomic E-state index is -4.29. The van der Waals surface area contributed by atoms with E-state index in [0.29, 0.717) is 6.42 Å². The van der Waals surface area contributed by atoms with Gasteiger partial charge in [-0.2, -0.15) is 13.2 Å². The SMILES string of the molecule is CC1=CCC(OC2N=CC(C(F)(F)F)CC2Cl)C=C1. The van der Waals surface area contributed by atoms with E-state index in [4.69, 9.17) is 16.3 Å². The third-order valence-corrected chi connectivity index (χ3v) is 3.58. The highest BCUT2D eigenvalue weighted by atomic mass is 35.5. The van der Waals surface area contributed by atoms with Gasteiger partial charge in [0.2, 0.25) is 0 Å². The number of ether oxygens (including phenoxy) is 1. The van der Waals surface area contributed by atoms with Crippen molar-refractivity contribution < 1.29 is 17.9 Å². The first-order valence-corrected chi connectivity index (χ1v) is 6.54. The Morgan fingerprint density at radius 2 is 2.16 bits per heavy atom. The maximum Gasteiger partial charge on any atom is 0.396 e. The summed E-state index contributed by atoms with van der Waals surface area (Å²) in [7, 11) is 0.